The van der Waals surface area contributed by atoms with Crippen LogP contribution in [-0.2, 0) is 22.2 Å². The molecule has 25 heavy (non-hydrogen) atoms. The van der Waals surface area contributed by atoms with E-state index in [4.69, 9.17) is 10.3 Å². The molecule has 0 saturated carbocycles. The van der Waals surface area contributed by atoms with Crippen molar-refractivity contribution in [2.45, 2.75) is 12.2 Å². The van der Waals surface area contributed by atoms with Crippen LogP contribution < -0.4 is 10.5 Å². The Morgan fingerprint density at radius 1 is 1.20 bits per heavy atom. The molecule has 0 saturated heterocycles. The van der Waals surface area contributed by atoms with E-state index in [1.54, 1.807) is 36.5 Å². The number of nitrogens with two attached hydrogens (primary N) is 1. The zero-order valence-corrected chi connectivity index (χ0v) is 14.3. The summed E-state index contributed by atoms with van der Waals surface area (Å²) in [6.07, 6.45) is 2.06. The van der Waals surface area contributed by atoms with E-state index in [0.717, 1.165) is 5.56 Å². The third kappa shape index (κ3) is 4.20. The second kappa shape index (κ2) is 6.99. The fourth-order valence-corrected chi connectivity index (χ4v) is 3.10. The Kier molecular flexibility index (Phi) is 4.77. The first-order valence-electron chi connectivity index (χ1n) is 7.49. The number of nitrogens with zero attached hydrogens (tertiary/aromatic N) is 3. The lowest BCUT2D eigenvalue weighted by molar-refractivity contribution is 0.385. The lowest BCUT2D eigenvalue weighted by Crippen LogP contribution is -2.20. The van der Waals surface area contributed by atoms with Crippen LogP contribution in [0.4, 0.5) is 5.82 Å². The molecule has 0 spiro atoms. The molecule has 9 heteroatoms. The van der Waals surface area contributed by atoms with Crippen molar-refractivity contribution >= 4 is 15.8 Å². The Labute approximate surface area is 145 Å². The van der Waals surface area contributed by atoms with Gasteiger partial charge in [0, 0.05) is 11.8 Å². The minimum Gasteiger partial charge on any atom is -0.384 e. The van der Waals surface area contributed by atoms with Gasteiger partial charge in [0.1, 0.15) is 5.82 Å². The minimum absolute atomic E-state index is 0.161. The molecule has 0 fully saturated rings. The molecule has 0 unspecified atom stereocenters. The Bertz CT molecular complexity index is 967. The molecule has 3 aromatic rings. The maximum atomic E-state index is 11.8. The molecule has 0 atom stereocenters. The average molecular weight is 359 g/mol. The van der Waals surface area contributed by atoms with Crippen LogP contribution in [0.25, 0.3) is 11.4 Å². The highest BCUT2D eigenvalue weighted by atomic mass is 32.2. The number of pyridine rings is 1. The second-order valence-corrected chi connectivity index (χ2v) is 7.33. The number of aromatic nitrogens is 3. The van der Waals surface area contributed by atoms with Gasteiger partial charge in [-0.3, -0.25) is 0 Å². The van der Waals surface area contributed by atoms with E-state index in [2.05, 4.69) is 19.8 Å². The van der Waals surface area contributed by atoms with E-state index in [-0.39, 0.29) is 5.75 Å². The van der Waals surface area contributed by atoms with E-state index >= 15 is 0 Å². The molecular weight excluding hydrogens is 342 g/mol. The van der Waals surface area contributed by atoms with Gasteiger partial charge in [-0.15, -0.1) is 0 Å². The van der Waals surface area contributed by atoms with E-state index in [1.165, 1.54) is 7.05 Å². The van der Waals surface area contributed by atoms with Crippen LogP contribution in [0.1, 0.15) is 17.0 Å². The largest absolute Gasteiger partial charge is 0.384 e. The van der Waals surface area contributed by atoms with Gasteiger partial charge < -0.3 is 10.3 Å². The van der Waals surface area contributed by atoms with Gasteiger partial charge in [0.2, 0.25) is 21.7 Å². The topological polar surface area (TPSA) is 124 Å². The van der Waals surface area contributed by atoms with Gasteiger partial charge in [0.25, 0.3) is 0 Å². The molecule has 0 bridgehead atoms. The number of benzene rings is 1. The molecule has 0 aliphatic heterocycles. The summed E-state index contributed by atoms with van der Waals surface area (Å²) in [4.78, 5) is 8.38. The van der Waals surface area contributed by atoms with Crippen LogP contribution in [0.2, 0.25) is 0 Å². The van der Waals surface area contributed by atoms with Gasteiger partial charge in [-0.25, -0.2) is 18.1 Å². The molecule has 8 nitrogen and oxygen atoms in total. The summed E-state index contributed by atoms with van der Waals surface area (Å²) >= 11 is 0. The van der Waals surface area contributed by atoms with Crippen LogP contribution in [-0.4, -0.2) is 30.6 Å². The SMILES string of the molecule is CNS(=O)(=O)Cc1ccccc1-c1noc(Cc2ccc(N)nc2)n1. The molecule has 0 amide bonds. The zero-order valence-electron chi connectivity index (χ0n) is 13.5. The molecule has 2 heterocycles. The summed E-state index contributed by atoms with van der Waals surface area (Å²) in [6, 6.07) is 10.6. The maximum Gasteiger partial charge on any atom is 0.231 e. The smallest absolute Gasteiger partial charge is 0.231 e. The van der Waals surface area contributed by atoms with Gasteiger partial charge >= 0.3 is 0 Å². The van der Waals surface area contributed by atoms with Gasteiger partial charge in [-0.2, -0.15) is 4.98 Å². The quantitative estimate of drug-likeness (QED) is 0.681. The molecule has 0 aliphatic carbocycles. The van der Waals surface area contributed by atoms with Crippen molar-refractivity contribution in [2.75, 3.05) is 12.8 Å². The van der Waals surface area contributed by atoms with Crippen molar-refractivity contribution in [2.24, 2.45) is 0 Å². The van der Waals surface area contributed by atoms with E-state index in [0.29, 0.717) is 35.1 Å². The molecule has 130 valence electrons. The Morgan fingerprint density at radius 2 is 2.00 bits per heavy atom. The third-order valence-corrected chi connectivity index (χ3v) is 4.90. The highest BCUT2D eigenvalue weighted by molar-refractivity contribution is 7.88. The van der Waals surface area contributed by atoms with Gasteiger partial charge in [-0.1, -0.05) is 35.5 Å². The van der Waals surface area contributed by atoms with E-state index in [1.807, 2.05) is 6.07 Å². The lowest BCUT2D eigenvalue weighted by Gasteiger charge is -2.06. The number of hydrogen-bond acceptors (Lipinski definition) is 7. The first-order valence-corrected chi connectivity index (χ1v) is 9.14. The first-order chi connectivity index (χ1) is 12.0. The number of rotatable bonds is 6. The van der Waals surface area contributed by atoms with Crippen molar-refractivity contribution in [1.82, 2.24) is 19.8 Å². The number of anilines is 1. The van der Waals surface area contributed by atoms with Crippen LogP contribution in [0, 0.1) is 0 Å². The predicted molar refractivity (Wildman–Crippen MR) is 92.9 cm³/mol. The Morgan fingerprint density at radius 3 is 2.72 bits per heavy atom. The van der Waals surface area contributed by atoms with Gasteiger partial charge in [0.15, 0.2) is 0 Å². The predicted octanol–water partition coefficient (Wildman–Crippen LogP) is 1.35. The number of sulfonamides is 1. The fraction of sp³-hybridized carbons (Fsp3) is 0.188. The molecule has 0 radical (unpaired) electrons. The lowest BCUT2D eigenvalue weighted by atomic mass is 10.1. The van der Waals surface area contributed by atoms with E-state index < -0.39 is 10.0 Å². The highest BCUT2D eigenvalue weighted by Gasteiger charge is 2.17. The van der Waals surface area contributed by atoms with Crippen molar-refractivity contribution in [3.63, 3.8) is 0 Å². The number of hydrogen-bond donors (Lipinski definition) is 2. The van der Waals surface area contributed by atoms with Crippen LogP contribution in [0.3, 0.4) is 0 Å². The average Bonchev–Trinajstić information content (AvgIpc) is 3.05. The maximum absolute atomic E-state index is 11.8. The van der Waals surface area contributed by atoms with E-state index in [9.17, 15) is 8.42 Å². The standard InChI is InChI=1S/C16H17N5O3S/c1-18-25(22,23)10-12-4-2-3-5-13(12)16-20-15(24-21-16)8-11-6-7-14(17)19-9-11/h2-7,9,18H,8,10H2,1H3,(H2,17,19). The molecule has 3 rings (SSSR count). The third-order valence-electron chi connectivity index (χ3n) is 3.59. The van der Waals surface area contributed by atoms with Crippen molar-refractivity contribution in [3.8, 4) is 11.4 Å². The Hall–Kier alpha value is -2.78. The zero-order chi connectivity index (χ0) is 17.9. The number of nitrogens with one attached hydrogen (secondary N) is 1. The summed E-state index contributed by atoms with van der Waals surface area (Å²) in [5, 5.41) is 3.97. The second-order valence-electron chi connectivity index (χ2n) is 5.40. The van der Waals surface area contributed by atoms with Crippen LogP contribution in [0.5, 0.6) is 0 Å². The summed E-state index contributed by atoms with van der Waals surface area (Å²) < 4.78 is 31.2. The van der Waals surface area contributed by atoms with Crippen molar-refractivity contribution < 1.29 is 12.9 Å². The van der Waals surface area contributed by atoms with Crippen molar-refractivity contribution in [3.05, 3.63) is 59.6 Å². The number of nitrogen functional groups attached to an aromatic ring is 1. The first kappa shape index (κ1) is 17.1. The highest BCUT2D eigenvalue weighted by Crippen LogP contribution is 2.23. The molecular formula is C16H17N5O3S. The van der Waals surface area contributed by atoms with Crippen LogP contribution >= 0.6 is 0 Å². The van der Waals surface area contributed by atoms with Gasteiger partial charge in [-0.05, 0) is 24.2 Å². The monoisotopic (exact) mass is 359 g/mol. The summed E-state index contributed by atoms with van der Waals surface area (Å²) in [5.41, 5.74) is 7.66. The summed E-state index contributed by atoms with van der Waals surface area (Å²) in [6.45, 7) is 0. The van der Waals surface area contributed by atoms with Gasteiger partial charge in [0.05, 0.1) is 12.2 Å². The normalized spacial score (nSPS) is 11.6. The van der Waals surface area contributed by atoms with Crippen molar-refractivity contribution in [1.29, 1.82) is 0 Å². The van der Waals surface area contributed by atoms with Crippen LogP contribution in [0.15, 0.2) is 47.1 Å². The molecule has 0 aliphatic rings. The molecule has 2 aromatic heterocycles. The summed E-state index contributed by atoms with van der Waals surface area (Å²) in [5.74, 6) is 1.04. The Balaban J connectivity index is 1.86. The molecule has 1 aromatic carbocycles. The summed E-state index contributed by atoms with van der Waals surface area (Å²) in [7, 11) is -2.03. The fourth-order valence-electron chi connectivity index (χ4n) is 2.29. The molecule has 3 N–H and O–H groups in total. The minimum atomic E-state index is -3.41.